The second-order valence-electron chi connectivity index (χ2n) is 7.35. The van der Waals surface area contributed by atoms with Crippen molar-refractivity contribution >= 4 is 12.1 Å². The molecule has 1 aliphatic carbocycles. The average molecular weight is 290 g/mol. The molecule has 0 saturated heterocycles. The van der Waals surface area contributed by atoms with Gasteiger partial charge in [-0.05, 0) is 43.4 Å². The molecule has 1 N–H and O–H groups in total. The lowest BCUT2D eigenvalue weighted by molar-refractivity contribution is -0.130. The average Bonchev–Trinajstić information content (AvgIpc) is 2.75. The van der Waals surface area contributed by atoms with Crippen LogP contribution < -0.4 is 5.32 Å². The highest BCUT2D eigenvalue weighted by atomic mass is 16.1. The van der Waals surface area contributed by atoms with E-state index in [4.69, 9.17) is 0 Å². The zero-order valence-corrected chi connectivity index (χ0v) is 13.8. The number of carbonyl (C=O) groups excluding carboxylic acids is 1. The summed E-state index contributed by atoms with van der Waals surface area (Å²) in [5.41, 5.74) is 1.11. The summed E-state index contributed by atoms with van der Waals surface area (Å²) in [5, 5.41) is 3.14. The summed E-state index contributed by atoms with van der Waals surface area (Å²) in [6, 6.07) is 0. The number of hydrogen-bond acceptors (Lipinski definition) is 2. The van der Waals surface area contributed by atoms with Gasteiger partial charge in [0.25, 0.3) is 0 Å². The highest BCUT2D eigenvalue weighted by molar-refractivity contribution is 5.80. The zero-order valence-electron chi connectivity index (χ0n) is 13.8. The van der Waals surface area contributed by atoms with Crippen molar-refractivity contribution in [2.45, 2.75) is 65.7 Å². The minimum Gasteiger partial charge on any atom is -0.350 e. The Morgan fingerprint density at radius 3 is 2.95 bits per heavy atom. The number of nitrogens with one attached hydrogen (secondary N) is 1. The van der Waals surface area contributed by atoms with Gasteiger partial charge in [-0.15, -0.1) is 0 Å². The Balaban J connectivity index is 1.98. The summed E-state index contributed by atoms with van der Waals surface area (Å²) >= 11 is 0. The van der Waals surface area contributed by atoms with Crippen LogP contribution in [0, 0.1) is 17.3 Å². The molecule has 2 aliphatic rings. The number of amides is 1. The molecule has 2 rings (SSSR count). The summed E-state index contributed by atoms with van der Waals surface area (Å²) in [7, 11) is 0. The van der Waals surface area contributed by atoms with Crippen molar-refractivity contribution in [3.05, 3.63) is 11.8 Å². The van der Waals surface area contributed by atoms with E-state index >= 15 is 0 Å². The molecule has 1 fully saturated rings. The molecule has 1 heterocycles. The molecule has 3 heteroatoms. The predicted molar refractivity (Wildman–Crippen MR) is 88.3 cm³/mol. The SMILES string of the molecule is C[C@H]1CCCCC(C)(C)C1C(=O)NCC1=CCCCC=N1. The summed E-state index contributed by atoms with van der Waals surface area (Å²) in [6.07, 6.45) is 12.2. The highest BCUT2D eigenvalue weighted by Crippen LogP contribution is 2.42. The summed E-state index contributed by atoms with van der Waals surface area (Å²) in [5.74, 6) is 0.805. The van der Waals surface area contributed by atoms with Gasteiger partial charge in [-0.3, -0.25) is 9.79 Å². The van der Waals surface area contributed by atoms with E-state index in [1.54, 1.807) is 0 Å². The van der Waals surface area contributed by atoms with Crippen LogP contribution in [0.5, 0.6) is 0 Å². The maximum Gasteiger partial charge on any atom is 0.224 e. The second-order valence-corrected chi connectivity index (χ2v) is 7.35. The molecule has 1 saturated carbocycles. The normalized spacial score (nSPS) is 29.2. The number of nitrogens with zero attached hydrogens (tertiary/aromatic N) is 1. The van der Waals surface area contributed by atoms with Crippen molar-refractivity contribution in [2.75, 3.05) is 6.54 Å². The maximum atomic E-state index is 12.7. The van der Waals surface area contributed by atoms with Crippen LogP contribution in [0.1, 0.15) is 65.7 Å². The van der Waals surface area contributed by atoms with Crippen molar-refractivity contribution in [3.63, 3.8) is 0 Å². The van der Waals surface area contributed by atoms with Gasteiger partial charge in [-0.2, -0.15) is 0 Å². The van der Waals surface area contributed by atoms with Crippen molar-refractivity contribution < 1.29 is 4.79 Å². The van der Waals surface area contributed by atoms with E-state index in [2.05, 4.69) is 37.2 Å². The number of carbonyl (C=O) groups is 1. The van der Waals surface area contributed by atoms with E-state index in [9.17, 15) is 4.79 Å². The molecule has 2 atom stereocenters. The topological polar surface area (TPSA) is 41.5 Å². The van der Waals surface area contributed by atoms with E-state index in [-0.39, 0.29) is 17.2 Å². The Bertz CT molecular complexity index is 423. The molecule has 0 aromatic rings. The number of aliphatic imine (C=N–C) groups is 1. The van der Waals surface area contributed by atoms with Crippen molar-refractivity contribution in [1.82, 2.24) is 5.32 Å². The van der Waals surface area contributed by atoms with Crippen molar-refractivity contribution in [1.29, 1.82) is 0 Å². The van der Waals surface area contributed by atoms with Crippen LogP contribution in [0.2, 0.25) is 0 Å². The van der Waals surface area contributed by atoms with Gasteiger partial charge >= 0.3 is 0 Å². The Morgan fingerprint density at radius 1 is 1.33 bits per heavy atom. The third kappa shape index (κ3) is 4.42. The van der Waals surface area contributed by atoms with E-state index in [0.29, 0.717) is 12.5 Å². The fourth-order valence-corrected chi connectivity index (χ4v) is 3.87. The second kappa shape index (κ2) is 7.24. The monoisotopic (exact) mass is 290 g/mol. The van der Waals surface area contributed by atoms with E-state index in [1.165, 1.54) is 19.3 Å². The largest absolute Gasteiger partial charge is 0.350 e. The number of rotatable bonds is 3. The Kier molecular flexibility index (Phi) is 5.60. The van der Waals surface area contributed by atoms with Crippen LogP contribution >= 0.6 is 0 Å². The molecule has 1 unspecified atom stereocenters. The van der Waals surface area contributed by atoms with Crippen LogP contribution in [0.3, 0.4) is 0 Å². The highest BCUT2D eigenvalue weighted by Gasteiger charge is 2.39. The van der Waals surface area contributed by atoms with Crippen molar-refractivity contribution in [2.24, 2.45) is 22.2 Å². The molecule has 0 bridgehead atoms. The summed E-state index contributed by atoms with van der Waals surface area (Å²) in [6.45, 7) is 7.32. The molecule has 1 amide bonds. The fraction of sp³-hybridized carbons (Fsp3) is 0.778. The molecule has 1 aliphatic heterocycles. The summed E-state index contributed by atoms with van der Waals surface area (Å²) < 4.78 is 0. The first-order chi connectivity index (χ1) is 10.0. The van der Waals surface area contributed by atoms with Gasteiger partial charge in [-0.25, -0.2) is 0 Å². The van der Waals surface area contributed by atoms with Gasteiger partial charge in [0.1, 0.15) is 0 Å². The Morgan fingerprint density at radius 2 is 2.14 bits per heavy atom. The van der Waals surface area contributed by atoms with Gasteiger partial charge < -0.3 is 5.32 Å². The first-order valence-electron chi connectivity index (χ1n) is 8.50. The predicted octanol–water partition coefficient (Wildman–Crippen LogP) is 4.09. The van der Waals surface area contributed by atoms with Crippen molar-refractivity contribution in [3.8, 4) is 0 Å². The Hall–Kier alpha value is -1.12. The minimum absolute atomic E-state index is 0.0983. The zero-order chi connectivity index (χ0) is 15.3. The summed E-state index contributed by atoms with van der Waals surface area (Å²) in [4.78, 5) is 17.2. The molecule has 3 nitrogen and oxygen atoms in total. The van der Waals surface area contributed by atoms with Gasteiger partial charge in [0, 0.05) is 12.1 Å². The molecule has 0 spiro atoms. The lowest BCUT2D eigenvalue weighted by atomic mass is 9.70. The number of hydrogen-bond donors (Lipinski definition) is 1. The third-order valence-corrected chi connectivity index (χ3v) is 5.04. The maximum absolute atomic E-state index is 12.7. The Labute approximate surface area is 129 Å². The molecule has 0 radical (unpaired) electrons. The van der Waals surface area contributed by atoms with E-state index in [0.717, 1.165) is 31.4 Å². The molecule has 0 aromatic heterocycles. The van der Waals surface area contributed by atoms with Gasteiger partial charge in [0.05, 0.1) is 12.2 Å². The van der Waals surface area contributed by atoms with Gasteiger partial charge in [0.15, 0.2) is 0 Å². The quantitative estimate of drug-likeness (QED) is 0.781. The molecule has 21 heavy (non-hydrogen) atoms. The first-order valence-corrected chi connectivity index (χ1v) is 8.50. The fourth-order valence-electron chi connectivity index (χ4n) is 3.87. The lowest BCUT2D eigenvalue weighted by Gasteiger charge is -2.35. The van der Waals surface area contributed by atoms with Crippen LogP contribution in [0.15, 0.2) is 16.8 Å². The van der Waals surface area contributed by atoms with Gasteiger partial charge in [0.2, 0.25) is 5.91 Å². The third-order valence-electron chi connectivity index (χ3n) is 5.04. The van der Waals surface area contributed by atoms with Crippen LogP contribution in [0.4, 0.5) is 0 Å². The first kappa shape index (κ1) is 16.3. The molecule has 118 valence electrons. The van der Waals surface area contributed by atoms with Crippen LogP contribution in [-0.4, -0.2) is 18.7 Å². The molecular formula is C18H30N2O. The van der Waals surface area contributed by atoms with Crippen LogP contribution in [-0.2, 0) is 4.79 Å². The van der Waals surface area contributed by atoms with E-state index < -0.39 is 0 Å². The minimum atomic E-state index is 0.0983. The lowest BCUT2D eigenvalue weighted by Crippen LogP contribution is -2.42. The number of allylic oxidation sites excluding steroid dienone is 1. The molecule has 0 aromatic carbocycles. The smallest absolute Gasteiger partial charge is 0.224 e. The van der Waals surface area contributed by atoms with Crippen LogP contribution in [0.25, 0.3) is 0 Å². The standard InChI is InChI=1S/C18H30N2O/c1-14-9-6-7-11-18(2,3)16(14)17(21)20-13-15-10-5-4-8-12-19-15/h10,12,14,16H,4-9,11,13H2,1-3H3,(H,20,21)/t14-,16?/m0/s1. The van der Waals surface area contributed by atoms with E-state index in [1.807, 2.05) is 6.21 Å². The molecular weight excluding hydrogens is 260 g/mol. The van der Waals surface area contributed by atoms with Gasteiger partial charge in [-0.1, -0.05) is 39.7 Å².